The fourth-order valence-electron chi connectivity index (χ4n) is 3.67. The van der Waals surface area contributed by atoms with E-state index in [0.717, 1.165) is 23.2 Å². The maximum Gasteiger partial charge on any atom is 0.277 e. The Morgan fingerprint density at radius 3 is 2.68 bits per heavy atom. The zero-order valence-corrected chi connectivity index (χ0v) is 17.6. The lowest BCUT2D eigenvalue weighted by Crippen LogP contribution is -2.15. The van der Waals surface area contributed by atoms with E-state index in [1.807, 2.05) is 49.4 Å². The van der Waals surface area contributed by atoms with Crippen molar-refractivity contribution in [3.05, 3.63) is 75.7 Å². The molecule has 4 rings (SSSR count). The van der Waals surface area contributed by atoms with E-state index in [0.29, 0.717) is 47.7 Å². The normalized spacial score (nSPS) is 10.9. The Morgan fingerprint density at radius 2 is 1.90 bits per heavy atom. The molecule has 0 saturated carbocycles. The summed E-state index contributed by atoms with van der Waals surface area (Å²) < 4.78 is 7.37. The third kappa shape index (κ3) is 3.92. The minimum Gasteiger partial charge on any atom is -0.493 e. The van der Waals surface area contributed by atoms with Gasteiger partial charge in [0.05, 0.1) is 36.0 Å². The van der Waals surface area contributed by atoms with E-state index in [1.54, 1.807) is 10.7 Å². The molecule has 2 aromatic heterocycles. The molecule has 0 aliphatic heterocycles. The molecule has 0 aliphatic carbocycles. The molecule has 0 fully saturated rings. The molecular formula is C24H23N5O2. The molecule has 0 aliphatic rings. The van der Waals surface area contributed by atoms with Crippen molar-refractivity contribution in [1.82, 2.24) is 19.7 Å². The van der Waals surface area contributed by atoms with Gasteiger partial charge >= 0.3 is 0 Å². The summed E-state index contributed by atoms with van der Waals surface area (Å²) in [5.41, 5.74) is 3.60. The van der Waals surface area contributed by atoms with E-state index in [2.05, 4.69) is 18.0 Å². The van der Waals surface area contributed by atoms with Crippen LogP contribution in [-0.2, 0) is 13.0 Å². The molecule has 31 heavy (non-hydrogen) atoms. The van der Waals surface area contributed by atoms with Crippen LogP contribution in [0.2, 0.25) is 0 Å². The van der Waals surface area contributed by atoms with Crippen LogP contribution >= 0.6 is 0 Å². The number of rotatable bonds is 7. The maximum absolute atomic E-state index is 13.2. The molecule has 0 spiro atoms. The van der Waals surface area contributed by atoms with E-state index in [1.165, 1.54) is 0 Å². The minimum absolute atomic E-state index is 0.268. The topological polar surface area (TPSA) is 96.6 Å². The van der Waals surface area contributed by atoms with Gasteiger partial charge in [-0.3, -0.25) is 9.48 Å². The molecule has 2 aromatic carbocycles. The number of para-hydroxylation sites is 1. The average Bonchev–Trinajstić information content (AvgIpc) is 3.12. The van der Waals surface area contributed by atoms with Gasteiger partial charge in [-0.15, -0.1) is 0 Å². The van der Waals surface area contributed by atoms with Crippen molar-refractivity contribution in [1.29, 1.82) is 5.26 Å². The fourth-order valence-corrected chi connectivity index (χ4v) is 3.67. The smallest absolute Gasteiger partial charge is 0.277 e. The fraction of sp³-hybridized carbons (Fsp3) is 0.250. The zero-order chi connectivity index (χ0) is 21.8. The predicted octanol–water partition coefficient (Wildman–Crippen LogP) is 4.06. The van der Waals surface area contributed by atoms with Crippen molar-refractivity contribution in [3.8, 4) is 23.2 Å². The number of ether oxygens (including phenoxy) is 1. The lowest BCUT2D eigenvalue weighted by molar-refractivity contribution is 0.341. The highest BCUT2D eigenvalue weighted by Crippen LogP contribution is 2.28. The Kier molecular flexibility index (Phi) is 5.80. The highest BCUT2D eigenvalue weighted by molar-refractivity contribution is 5.80. The van der Waals surface area contributed by atoms with Crippen molar-refractivity contribution < 1.29 is 4.74 Å². The first-order valence-corrected chi connectivity index (χ1v) is 10.4. The van der Waals surface area contributed by atoms with Crippen molar-refractivity contribution in [2.75, 3.05) is 6.61 Å². The second-order valence-corrected chi connectivity index (χ2v) is 7.16. The molecule has 4 aromatic rings. The SMILES string of the molecule is CCCc1nn(Cc2ccccc2C#N)c2c(=O)[nH]c(-c3ccccc3OCC)nc12. The molecular weight excluding hydrogens is 390 g/mol. The van der Waals surface area contributed by atoms with Gasteiger partial charge < -0.3 is 9.72 Å². The Morgan fingerprint density at radius 1 is 1.13 bits per heavy atom. The molecule has 2 heterocycles. The zero-order valence-electron chi connectivity index (χ0n) is 17.6. The van der Waals surface area contributed by atoms with Crippen LogP contribution in [0.1, 0.15) is 37.1 Å². The van der Waals surface area contributed by atoms with Gasteiger partial charge in [0.25, 0.3) is 5.56 Å². The minimum atomic E-state index is -0.268. The molecule has 0 saturated heterocycles. The van der Waals surface area contributed by atoms with Crippen LogP contribution in [0.25, 0.3) is 22.4 Å². The number of nitriles is 1. The van der Waals surface area contributed by atoms with Crippen LogP contribution in [0.5, 0.6) is 5.75 Å². The largest absolute Gasteiger partial charge is 0.493 e. The number of hydrogen-bond acceptors (Lipinski definition) is 5. The lowest BCUT2D eigenvalue weighted by atomic mass is 10.1. The van der Waals surface area contributed by atoms with E-state index < -0.39 is 0 Å². The number of hydrogen-bond donors (Lipinski definition) is 1. The van der Waals surface area contributed by atoms with Crippen LogP contribution < -0.4 is 10.3 Å². The summed E-state index contributed by atoms with van der Waals surface area (Å²) in [4.78, 5) is 20.9. The lowest BCUT2D eigenvalue weighted by Gasteiger charge is -2.09. The highest BCUT2D eigenvalue weighted by atomic mass is 16.5. The summed E-state index contributed by atoms with van der Waals surface area (Å²) in [7, 11) is 0. The van der Waals surface area contributed by atoms with Gasteiger partial charge in [0, 0.05) is 0 Å². The van der Waals surface area contributed by atoms with E-state index >= 15 is 0 Å². The van der Waals surface area contributed by atoms with Crippen LogP contribution in [0.15, 0.2) is 53.3 Å². The molecule has 1 N–H and O–H groups in total. The highest BCUT2D eigenvalue weighted by Gasteiger charge is 2.19. The first-order valence-electron chi connectivity index (χ1n) is 10.4. The number of aromatic nitrogens is 4. The third-order valence-electron chi connectivity index (χ3n) is 5.05. The Balaban J connectivity index is 1.89. The number of nitrogens with one attached hydrogen (secondary N) is 1. The van der Waals surface area contributed by atoms with Crippen LogP contribution in [0.3, 0.4) is 0 Å². The maximum atomic E-state index is 13.2. The summed E-state index contributed by atoms with van der Waals surface area (Å²) in [5, 5.41) is 14.1. The summed E-state index contributed by atoms with van der Waals surface area (Å²) in [6.45, 7) is 4.82. The Hall–Kier alpha value is -3.92. The van der Waals surface area contributed by atoms with E-state index in [4.69, 9.17) is 14.8 Å². The van der Waals surface area contributed by atoms with Gasteiger partial charge in [0.1, 0.15) is 17.1 Å². The number of benzene rings is 2. The molecule has 7 heteroatoms. The summed E-state index contributed by atoms with van der Waals surface area (Å²) in [6.07, 6.45) is 1.58. The number of aryl methyl sites for hydroxylation is 1. The predicted molar refractivity (Wildman–Crippen MR) is 119 cm³/mol. The van der Waals surface area contributed by atoms with Gasteiger partial charge in [-0.2, -0.15) is 10.4 Å². The molecule has 0 atom stereocenters. The summed E-state index contributed by atoms with van der Waals surface area (Å²) >= 11 is 0. The monoisotopic (exact) mass is 413 g/mol. The first kappa shape index (κ1) is 20.4. The quantitative estimate of drug-likeness (QED) is 0.493. The van der Waals surface area contributed by atoms with E-state index in [-0.39, 0.29) is 5.56 Å². The van der Waals surface area contributed by atoms with Crippen molar-refractivity contribution in [2.45, 2.75) is 33.2 Å². The number of aromatic amines is 1. The number of H-pyrrole nitrogens is 1. The second kappa shape index (κ2) is 8.84. The van der Waals surface area contributed by atoms with Gasteiger partial charge in [-0.05, 0) is 37.1 Å². The summed E-state index contributed by atoms with van der Waals surface area (Å²) in [6, 6.07) is 17.0. The number of fused-ring (bicyclic) bond motifs is 1. The molecule has 0 bridgehead atoms. The van der Waals surface area contributed by atoms with Crippen molar-refractivity contribution in [3.63, 3.8) is 0 Å². The van der Waals surface area contributed by atoms with Crippen LogP contribution in [0, 0.1) is 11.3 Å². The average molecular weight is 413 g/mol. The molecule has 0 unspecified atom stereocenters. The molecule has 0 radical (unpaired) electrons. The van der Waals surface area contributed by atoms with Gasteiger partial charge in [-0.25, -0.2) is 4.98 Å². The molecule has 7 nitrogen and oxygen atoms in total. The standard InChI is InChI=1S/C24H23N5O2/c1-3-9-19-21-22(29(28-19)15-17-11-6-5-10-16(17)14-25)24(30)27-23(26-21)18-12-7-8-13-20(18)31-4-2/h5-8,10-13H,3-4,9,15H2,1-2H3,(H,26,27,30). The van der Waals surface area contributed by atoms with Crippen molar-refractivity contribution in [2.24, 2.45) is 0 Å². The van der Waals surface area contributed by atoms with E-state index in [9.17, 15) is 10.1 Å². The van der Waals surface area contributed by atoms with Gasteiger partial charge in [0.15, 0.2) is 5.52 Å². The van der Waals surface area contributed by atoms with Crippen LogP contribution in [0.4, 0.5) is 0 Å². The molecule has 156 valence electrons. The van der Waals surface area contributed by atoms with Crippen LogP contribution in [-0.4, -0.2) is 26.4 Å². The van der Waals surface area contributed by atoms with Crippen molar-refractivity contribution >= 4 is 11.0 Å². The number of nitrogens with zero attached hydrogens (tertiary/aromatic N) is 4. The molecule has 0 amide bonds. The first-order chi connectivity index (χ1) is 15.2. The second-order valence-electron chi connectivity index (χ2n) is 7.16. The van der Waals surface area contributed by atoms with Gasteiger partial charge in [-0.1, -0.05) is 43.7 Å². The summed E-state index contributed by atoms with van der Waals surface area (Å²) in [5.74, 6) is 1.12. The Labute approximate surface area is 179 Å². The van der Waals surface area contributed by atoms with Gasteiger partial charge in [0.2, 0.25) is 0 Å². The third-order valence-corrected chi connectivity index (χ3v) is 5.05. The Bertz CT molecular complexity index is 1330.